The fraction of sp³-hybridized carbons (Fsp3) is 0.286. The number of pyridine rings is 1. The van der Waals surface area contributed by atoms with Crippen LogP contribution < -0.4 is 0 Å². The summed E-state index contributed by atoms with van der Waals surface area (Å²) in [5.41, 5.74) is 4.37. The number of nitrogens with zero attached hydrogens (tertiary/aromatic N) is 2. The lowest BCUT2D eigenvalue weighted by atomic mass is 10.0. The quantitative estimate of drug-likeness (QED) is 0.763. The molecule has 0 radical (unpaired) electrons. The summed E-state index contributed by atoms with van der Waals surface area (Å²) in [5.74, 6) is 0. The molecule has 0 aliphatic heterocycles. The lowest BCUT2D eigenvalue weighted by Gasteiger charge is -2.07. The molecule has 0 unspecified atom stereocenters. The Bertz CT molecular complexity index is 565. The Labute approximate surface area is 95.6 Å². The van der Waals surface area contributed by atoms with Crippen LogP contribution in [-0.2, 0) is 12.8 Å². The van der Waals surface area contributed by atoms with Crippen molar-refractivity contribution in [3.05, 3.63) is 41.1 Å². The van der Waals surface area contributed by atoms with Crippen LogP contribution in [0.3, 0.4) is 0 Å². The average Bonchev–Trinajstić information content (AvgIpc) is 2.29. The molecule has 0 amide bonds. The van der Waals surface area contributed by atoms with Gasteiger partial charge >= 0.3 is 0 Å². The summed E-state index contributed by atoms with van der Waals surface area (Å²) in [7, 11) is 0. The number of nitriles is 1. The molecule has 0 N–H and O–H groups in total. The molecule has 0 saturated heterocycles. The van der Waals surface area contributed by atoms with Crippen LogP contribution in [0.25, 0.3) is 10.9 Å². The smallest absolute Gasteiger partial charge is 0.0775 e. The standard InChI is InChI=1S/C14H14N2/c1-3-11-5-4-6-13-10(2)9-12(7-8-15)16-14(11)13/h4-6,9H,3,7H2,1-2H3. The molecule has 2 heteroatoms. The van der Waals surface area contributed by atoms with Crippen molar-refractivity contribution in [2.45, 2.75) is 26.7 Å². The SMILES string of the molecule is CCc1cccc2c(C)cc(CC#N)nc12. The number of para-hydroxylation sites is 1. The predicted octanol–water partition coefficient (Wildman–Crippen LogP) is 3.17. The van der Waals surface area contributed by atoms with Gasteiger partial charge in [-0.1, -0.05) is 25.1 Å². The zero-order chi connectivity index (χ0) is 11.5. The van der Waals surface area contributed by atoms with E-state index >= 15 is 0 Å². The van der Waals surface area contributed by atoms with Gasteiger partial charge in [0.15, 0.2) is 0 Å². The second kappa shape index (κ2) is 4.32. The summed E-state index contributed by atoms with van der Waals surface area (Å²) in [6.45, 7) is 4.20. The summed E-state index contributed by atoms with van der Waals surface area (Å²) in [6, 6.07) is 10.4. The van der Waals surface area contributed by atoms with Crippen LogP contribution in [0, 0.1) is 18.3 Å². The topological polar surface area (TPSA) is 36.7 Å². The first kappa shape index (κ1) is 10.6. The summed E-state index contributed by atoms with van der Waals surface area (Å²) in [4.78, 5) is 4.57. The zero-order valence-electron chi connectivity index (χ0n) is 9.62. The van der Waals surface area contributed by atoms with E-state index in [0.29, 0.717) is 6.42 Å². The molecule has 16 heavy (non-hydrogen) atoms. The second-order valence-electron chi connectivity index (χ2n) is 3.93. The van der Waals surface area contributed by atoms with Crippen molar-refractivity contribution in [1.82, 2.24) is 4.98 Å². The van der Waals surface area contributed by atoms with E-state index in [0.717, 1.165) is 17.6 Å². The van der Waals surface area contributed by atoms with Crippen molar-refractivity contribution in [3.8, 4) is 6.07 Å². The monoisotopic (exact) mass is 210 g/mol. The number of fused-ring (bicyclic) bond motifs is 1. The minimum Gasteiger partial charge on any atom is -0.251 e. The van der Waals surface area contributed by atoms with Gasteiger partial charge in [-0.2, -0.15) is 5.26 Å². The van der Waals surface area contributed by atoms with Crippen LogP contribution in [-0.4, -0.2) is 4.98 Å². The molecule has 2 aromatic rings. The van der Waals surface area contributed by atoms with Crippen molar-refractivity contribution in [2.24, 2.45) is 0 Å². The molecule has 0 aliphatic rings. The van der Waals surface area contributed by atoms with Gasteiger partial charge in [0.05, 0.1) is 23.7 Å². The van der Waals surface area contributed by atoms with E-state index in [1.54, 1.807) is 0 Å². The maximum atomic E-state index is 8.72. The van der Waals surface area contributed by atoms with Crippen molar-refractivity contribution in [3.63, 3.8) is 0 Å². The molecule has 0 saturated carbocycles. The Balaban J connectivity index is 2.73. The number of benzene rings is 1. The minimum absolute atomic E-state index is 0.384. The molecule has 80 valence electrons. The summed E-state index contributed by atoms with van der Waals surface area (Å²) in [5, 5.41) is 9.91. The van der Waals surface area contributed by atoms with Crippen molar-refractivity contribution < 1.29 is 0 Å². The first-order valence-corrected chi connectivity index (χ1v) is 5.51. The largest absolute Gasteiger partial charge is 0.251 e. The average molecular weight is 210 g/mol. The van der Waals surface area contributed by atoms with Gasteiger partial charge in [0.1, 0.15) is 0 Å². The molecule has 0 fully saturated rings. The van der Waals surface area contributed by atoms with E-state index in [1.807, 2.05) is 6.07 Å². The molecule has 1 heterocycles. The van der Waals surface area contributed by atoms with Gasteiger partial charge in [0.2, 0.25) is 0 Å². The first-order chi connectivity index (χ1) is 7.76. The Hall–Kier alpha value is -1.88. The third kappa shape index (κ3) is 1.77. The van der Waals surface area contributed by atoms with E-state index in [-0.39, 0.29) is 0 Å². The summed E-state index contributed by atoms with van der Waals surface area (Å²) in [6.07, 6.45) is 1.36. The lowest BCUT2D eigenvalue weighted by molar-refractivity contribution is 1.10. The van der Waals surface area contributed by atoms with E-state index in [9.17, 15) is 0 Å². The van der Waals surface area contributed by atoms with Gasteiger partial charge < -0.3 is 0 Å². The van der Waals surface area contributed by atoms with Gasteiger partial charge in [-0.3, -0.25) is 4.98 Å². The maximum Gasteiger partial charge on any atom is 0.0775 e. The highest BCUT2D eigenvalue weighted by Gasteiger charge is 2.05. The fourth-order valence-corrected chi connectivity index (χ4v) is 2.00. The molecule has 0 bridgehead atoms. The molecule has 1 aromatic carbocycles. The third-order valence-corrected chi connectivity index (χ3v) is 2.82. The van der Waals surface area contributed by atoms with Gasteiger partial charge in [-0.15, -0.1) is 0 Å². The van der Waals surface area contributed by atoms with Crippen molar-refractivity contribution in [2.75, 3.05) is 0 Å². The number of aromatic nitrogens is 1. The third-order valence-electron chi connectivity index (χ3n) is 2.82. The number of rotatable bonds is 2. The second-order valence-corrected chi connectivity index (χ2v) is 3.93. The highest BCUT2D eigenvalue weighted by atomic mass is 14.7. The number of hydrogen-bond donors (Lipinski definition) is 0. The Morgan fingerprint density at radius 1 is 1.38 bits per heavy atom. The van der Waals surface area contributed by atoms with Crippen LogP contribution >= 0.6 is 0 Å². The van der Waals surface area contributed by atoms with Crippen LogP contribution in [0.5, 0.6) is 0 Å². The van der Waals surface area contributed by atoms with Crippen molar-refractivity contribution in [1.29, 1.82) is 5.26 Å². The van der Waals surface area contributed by atoms with E-state index in [1.165, 1.54) is 16.5 Å². The molecular formula is C14H14N2. The van der Waals surface area contributed by atoms with Gasteiger partial charge in [0, 0.05) is 5.39 Å². The van der Waals surface area contributed by atoms with Crippen molar-refractivity contribution >= 4 is 10.9 Å². The highest BCUT2D eigenvalue weighted by Crippen LogP contribution is 2.21. The number of aryl methyl sites for hydroxylation is 2. The van der Waals surface area contributed by atoms with Gasteiger partial charge in [-0.05, 0) is 30.5 Å². The molecule has 2 nitrogen and oxygen atoms in total. The van der Waals surface area contributed by atoms with E-state index < -0.39 is 0 Å². The molecule has 0 spiro atoms. The Morgan fingerprint density at radius 2 is 2.19 bits per heavy atom. The molecule has 0 aliphatic carbocycles. The number of hydrogen-bond acceptors (Lipinski definition) is 2. The van der Waals surface area contributed by atoms with Crippen LogP contribution in [0.15, 0.2) is 24.3 Å². The zero-order valence-corrected chi connectivity index (χ0v) is 9.62. The van der Waals surface area contributed by atoms with Crippen LogP contribution in [0.4, 0.5) is 0 Å². The molecule has 0 atom stereocenters. The molecule has 1 aromatic heterocycles. The van der Waals surface area contributed by atoms with E-state index in [4.69, 9.17) is 5.26 Å². The molecule has 2 rings (SSSR count). The summed E-state index contributed by atoms with van der Waals surface area (Å²) >= 11 is 0. The fourth-order valence-electron chi connectivity index (χ4n) is 2.00. The summed E-state index contributed by atoms with van der Waals surface area (Å²) < 4.78 is 0. The normalized spacial score (nSPS) is 10.3. The Kier molecular flexibility index (Phi) is 2.87. The minimum atomic E-state index is 0.384. The van der Waals surface area contributed by atoms with Gasteiger partial charge in [-0.25, -0.2) is 0 Å². The Morgan fingerprint density at radius 3 is 2.88 bits per heavy atom. The van der Waals surface area contributed by atoms with E-state index in [2.05, 4.69) is 43.1 Å². The first-order valence-electron chi connectivity index (χ1n) is 5.51. The highest BCUT2D eigenvalue weighted by molar-refractivity contribution is 5.85. The molecular weight excluding hydrogens is 196 g/mol. The van der Waals surface area contributed by atoms with Gasteiger partial charge in [0.25, 0.3) is 0 Å². The lowest BCUT2D eigenvalue weighted by Crippen LogP contribution is -1.95. The van der Waals surface area contributed by atoms with Crippen LogP contribution in [0.2, 0.25) is 0 Å². The van der Waals surface area contributed by atoms with Crippen LogP contribution in [0.1, 0.15) is 23.7 Å². The maximum absolute atomic E-state index is 8.72. The predicted molar refractivity (Wildman–Crippen MR) is 65.2 cm³/mol.